The number of rotatable bonds is 4. The number of nitrogens with zero attached hydrogens (tertiary/aromatic N) is 2. The van der Waals surface area contributed by atoms with Gasteiger partial charge in [0.1, 0.15) is 6.61 Å². The van der Waals surface area contributed by atoms with E-state index in [1.165, 1.54) is 5.69 Å². The Morgan fingerprint density at radius 1 is 1.04 bits per heavy atom. The molecule has 0 radical (unpaired) electrons. The van der Waals surface area contributed by atoms with Gasteiger partial charge in [0.05, 0.1) is 6.54 Å². The van der Waals surface area contributed by atoms with E-state index in [9.17, 15) is 9.59 Å². The number of para-hydroxylation sites is 1. The maximum Gasteiger partial charge on any atom is 0.414 e. The van der Waals surface area contributed by atoms with Gasteiger partial charge < -0.3 is 20.3 Å². The van der Waals surface area contributed by atoms with Crippen LogP contribution in [0.1, 0.15) is 6.42 Å². The van der Waals surface area contributed by atoms with E-state index in [0.717, 1.165) is 19.5 Å². The fraction of sp³-hybridized carbons (Fsp3) is 0.300. The predicted molar refractivity (Wildman–Crippen MR) is 104 cm³/mol. The number of cyclic esters (lactones) is 1. The highest BCUT2D eigenvalue weighted by atomic mass is 16.6. The Morgan fingerprint density at radius 2 is 1.85 bits per heavy atom. The predicted octanol–water partition coefficient (Wildman–Crippen LogP) is 3.04. The third-order valence-corrected chi connectivity index (χ3v) is 4.82. The Balaban J connectivity index is 1.33. The van der Waals surface area contributed by atoms with E-state index in [-0.39, 0.29) is 18.2 Å². The summed E-state index contributed by atoms with van der Waals surface area (Å²) in [5.74, 6) is 0. The van der Waals surface area contributed by atoms with Crippen LogP contribution in [0.3, 0.4) is 0 Å². The number of hydrogen-bond acceptors (Lipinski definition) is 4. The van der Waals surface area contributed by atoms with Crippen molar-refractivity contribution in [2.75, 3.05) is 41.4 Å². The van der Waals surface area contributed by atoms with Gasteiger partial charge in [0.2, 0.25) is 0 Å². The molecule has 2 heterocycles. The van der Waals surface area contributed by atoms with Crippen molar-refractivity contribution < 1.29 is 14.3 Å². The summed E-state index contributed by atoms with van der Waals surface area (Å²) in [5.41, 5.74) is 2.53. The van der Waals surface area contributed by atoms with Crippen LogP contribution >= 0.6 is 0 Å². The Morgan fingerprint density at radius 3 is 2.63 bits per heavy atom. The second-order valence-electron chi connectivity index (χ2n) is 6.68. The van der Waals surface area contributed by atoms with Crippen molar-refractivity contribution in [3.05, 3.63) is 54.6 Å². The molecule has 7 nitrogen and oxygen atoms in total. The maximum atomic E-state index is 12.4. The van der Waals surface area contributed by atoms with E-state index < -0.39 is 0 Å². The SMILES string of the molecule is O=C(Nc1cccc(N2CCOC2=O)c1)NC1CCN(c2ccccc2)C1. The molecule has 2 N–H and O–H groups in total. The Bertz CT molecular complexity index is 827. The molecule has 2 aromatic carbocycles. The minimum absolute atomic E-state index is 0.0990. The van der Waals surface area contributed by atoms with Crippen LogP contribution in [-0.4, -0.2) is 44.4 Å². The zero-order valence-electron chi connectivity index (χ0n) is 14.9. The molecule has 0 aliphatic carbocycles. The number of benzene rings is 2. The minimum atomic E-state index is -0.358. The zero-order chi connectivity index (χ0) is 18.6. The normalized spacial score (nSPS) is 19.1. The van der Waals surface area contributed by atoms with Crippen LogP contribution in [0.15, 0.2) is 54.6 Å². The Labute approximate surface area is 157 Å². The van der Waals surface area contributed by atoms with Crippen LogP contribution in [0.5, 0.6) is 0 Å². The van der Waals surface area contributed by atoms with Gasteiger partial charge >= 0.3 is 12.1 Å². The first-order chi connectivity index (χ1) is 13.2. The van der Waals surface area contributed by atoms with E-state index in [1.807, 2.05) is 30.3 Å². The number of amides is 3. The van der Waals surface area contributed by atoms with Crippen LogP contribution in [0.2, 0.25) is 0 Å². The van der Waals surface area contributed by atoms with Crippen molar-refractivity contribution in [1.82, 2.24) is 5.32 Å². The summed E-state index contributed by atoms with van der Waals surface area (Å²) in [4.78, 5) is 27.9. The number of carbonyl (C=O) groups is 2. The average molecular weight is 366 g/mol. The lowest BCUT2D eigenvalue weighted by molar-refractivity contribution is 0.181. The molecule has 2 aliphatic heterocycles. The van der Waals surface area contributed by atoms with Gasteiger partial charge in [-0.2, -0.15) is 0 Å². The highest BCUT2D eigenvalue weighted by molar-refractivity contribution is 5.93. The largest absolute Gasteiger partial charge is 0.447 e. The molecule has 2 fully saturated rings. The summed E-state index contributed by atoms with van der Waals surface area (Å²) in [5, 5.41) is 5.88. The van der Waals surface area contributed by atoms with Gasteiger partial charge in [0.25, 0.3) is 0 Å². The smallest absolute Gasteiger partial charge is 0.414 e. The first-order valence-electron chi connectivity index (χ1n) is 9.11. The maximum absolute atomic E-state index is 12.4. The number of nitrogens with one attached hydrogen (secondary N) is 2. The van der Waals surface area contributed by atoms with E-state index in [4.69, 9.17) is 4.74 Å². The molecule has 2 aliphatic rings. The Hall–Kier alpha value is -3.22. The molecule has 7 heteroatoms. The van der Waals surface area contributed by atoms with E-state index in [1.54, 1.807) is 17.0 Å². The summed E-state index contributed by atoms with van der Waals surface area (Å²) in [6.07, 6.45) is 0.547. The summed E-state index contributed by atoms with van der Waals surface area (Å²) >= 11 is 0. The highest BCUT2D eigenvalue weighted by Crippen LogP contribution is 2.23. The molecule has 2 aromatic rings. The number of anilines is 3. The molecule has 1 unspecified atom stereocenters. The molecular weight excluding hydrogens is 344 g/mol. The minimum Gasteiger partial charge on any atom is -0.447 e. The number of ether oxygens (including phenoxy) is 1. The second kappa shape index (κ2) is 7.57. The van der Waals surface area contributed by atoms with Gasteiger partial charge in [-0.3, -0.25) is 4.90 Å². The van der Waals surface area contributed by atoms with Crippen molar-refractivity contribution in [2.45, 2.75) is 12.5 Å². The van der Waals surface area contributed by atoms with Gasteiger partial charge in [0, 0.05) is 36.2 Å². The quantitative estimate of drug-likeness (QED) is 0.872. The van der Waals surface area contributed by atoms with Gasteiger partial charge in [-0.1, -0.05) is 24.3 Å². The van der Waals surface area contributed by atoms with Crippen LogP contribution in [-0.2, 0) is 4.74 Å². The molecular formula is C20H22N4O3. The van der Waals surface area contributed by atoms with Crippen molar-refractivity contribution in [3.63, 3.8) is 0 Å². The standard InChI is InChI=1S/C20H22N4O3/c25-19(22-16-9-10-23(14-16)17-6-2-1-3-7-17)21-15-5-4-8-18(13-15)24-11-12-27-20(24)26/h1-8,13,16H,9-12,14H2,(H2,21,22,25). The lowest BCUT2D eigenvalue weighted by Gasteiger charge is -2.19. The summed E-state index contributed by atoms with van der Waals surface area (Å²) in [6.45, 7) is 2.61. The summed E-state index contributed by atoms with van der Waals surface area (Å²) in [7, 11) is 0. The van der Waals surface area contributed by atoms with Crippen molar-refractivity contribution in [1.29, 1.82) is 0 Å². The lowest BCUT2D eigenvalue weighted by atomic mass is 10.2. The van der Waals surface area contributed by atoms with E-state index >= 15 is 0 Å². The topological polar surface area (TPSA) is 73.9 Å². The molecule has 0 bridgehead atoms. The van der Waals surface area contributed by atoms with Gasteiger partial charge in [-0.05, 0) is 36.8 Å². The summed E-state index contributed by atoms with van der Waals surface area (Å²) in [6, 6.07) is 17.3. The second-order valence-corrected chi connectivity index (χ2v) is 6.68. The fourth-order valence-electron chi connectivity index (χ4n) is 3.48. The molecule has 0 saturated carbocycles. The Kier molecular flexibility index (Phi) is 4.82. The summed E-state index contributed by atoms with van der Waals surface area (Å²) < 4.78 is 4.96. The molecule has 0 spiro atoms. The third-order valence-electron chi connectivity index (χ3n) is 4.82. The van der Waals surface area contributed by atoms with Crippen LogP contribution in [0.25, 0.3) is 0 Å². The number of urea groups is 1. The molecule has 2 saturated heterocycles. The zero-order valence-corrected chi connectivity index (χ0v) is 14.9. The number of hydrogen-bond donors (Lipinski definition) is 2. The first kappa shape index (κ1) is 17.2. The highest BCUT2D eigenvalue weighted by Gasteiger charge is 2.25. The average Bonchev–Trinajstić information content (AvgIpc) is 3.31. The molecule has 140 valence electrons. The fourth-order valence-corrected chi connectivity index (χ4v) is 3.48. The number of carbonyl (C=O) groups excluding carboxylic acids is 2. The van der Waals surface area contributed by atoms with Crippen LogP contribution < -0.4 is 20.4 Å². The monoisotopic (exact) mass is 366 g/mol. The van der Waals surface area contributed by atoms with Crippen LogP contribution in [0.4, 0.5) is 26.7 Å². The molecule has 3 amide bonds. The molecule has 1 atom stereocenters. The van der Waals surface area contributed by atoms with Gasteiger partial charge in [0.15, 0.2) is 0 Å². The van der Waals surface area contributed by atoms with Crippen LogP contribution in [0, 0.1) is 0 Å². The van der Waals surface area contributed by atoms with Crippen molar-refractivity contribution in [2.24, 2.45) is 0 Å². The third kappa shape index (κ3) is 3.97. The van der Waals surface area contributed by atoms with Gasteiger partial charge in [-0.25, -0.2) is 9.59 Å². The first-order valence-corrected chi connectivity index (χ1v) is 9.11. The van der Waals surface area contributed by atoms with E-state index in [2.05, 4.69) is 27.7 Å². The molecule has 0 aromatic heterocycles. The molecule has 4 rings (SSSR count). The van der Waals surface area contributed by atoms with Crippen molar-refractivity contribution >= 4 is 29.2 Å². The van der Waals surface area contributed by atoms with E-state index in [0.29, 0.717) is 24.5 Å². The lowest BCUT2D eigenvalue weighted by Crippen LogP contribution is -2.39. The molecule has 27 heavy (non-hydrogen) atoms. The van der Waals surface area contributed by atoms with Crippen molar-refractivity contribution in [3.8, 4) is 0 Å². The van der Waals surface area contributed by atoms with Gasteiger partial charge in [-0.15, -0.1) is 0 Å².